The third-order valence-corrected chi connectivity index (χ3v) is 14.2. The molecule has 5 aliphatic carbocycles. The van der Waals surface area contributed by atoms with Crippen LogP contribution in [-0.2, 0) is 4.79 Å². The number of fused-ring (bicyclic) bond motifs is 7. The van der Waals surface area contributed by atoms with Crippen molar-refractivity contribution in [1.82, 2.24) is 0 Å². The second-order valence-corrected chi connectivity index (χ2v) is 15.7. The number of phenols is 1. The van der Waals surface area contributed by atoms with Crippen molar-refractivity contribution in [3.8, 4) is 5.75 Å². The van der Waals surface area contributed by atoms with Gasteiger partial charge in [-0.05, 0) is 139 Å². The van der Waals surface area contributed by atoms with Crippen LogP contribution in [0, 0.1) is 56.7 Å². The zero-order chi connectivity index (χ0) is 28.2. The van der Waals surface area contributed by atoms with E-state index in [2.05, 4.69) is 66.3 Å². The van der Waals surface area contributed by atoms with Gasteiger partial charge in [0.25, 0.3) is 0 Å². The Morgan fingerprint density at radius 2 is 1.56 bits per heavy atom. The molecule has 6 rings (SSSR count). The maximum absolute atomic E-state index is 12.9. The lowest BCUT2D eigenvalue weighted by Crippen LogP contribution is -2.65. The summed E-state index contributed by atoms with van der Waals surface area (Å²) in [5.41, 5.74) is 4.01. The van der Waals surface area contributed by atoms with Crippen LogP contribution in [0.25, 0.3) is 5.57 Å². The zero-order valence-electron chi connectivity index (χ0n) is 25.1. The number of carboxylic acids is 1. The molecule has 0 radical (unpaired) electrons. The molecule has 0 aliphatic heterocycles. The summed E-state index contributed by atoms with van der Waals surface area (Å²) >= 11 is 0. The fourth-order valence-corrected chi connectivity index (χ4v) is 12.3. The van der Waals surface area contributed by atoms with E-state index in [1.54, 1.807) is 0 Å². The van der Waals surface area contributed by atoms with Crippen LogP contribution in [0.3, 0.4) is 0 Å². The standard InChI is InChI=1S/C36H50O3/c1-22(2)25-14-19-36(31(38)39)21-20-34(6)27(30(25)36)12-13-29-33(5)17-15-26(23-8-10-24(37)11-9-23)32(3,4)28(33)16-18-35(29,34)7/h8-11,15,25,27-30,37H,1,12-14,16-21H2,2-7H3,(H,38,39). The van der Waals surface area contributed by atoms with Gasteiger partial charge in [-0.2, -0.15) is 0 Å². The summed E-state index contributed by atoms with van der Waals surface area (Å²) in [6, 6.07) is 7.81. The highest BCUT2D eigenvalue weighted by Gasteiger charge is 2.71. The third-order valence-electron chi connectivity index (χ3n) is 14.2. The first-order valence-corrected chi connectivity index (χ1v) is 15.6. The Labute approximate surface area is 236 Å². The summed E-state index contributed by atoms with van der Waals surface area (Å²) in [7, 11) is 0. The monoisotopic (exact) mass is 530 g/mol. The molecule has 3 heteroatoms. The number of hydrogen-bond donors (Lipinski definition) is 2. The summed E-state index contributed by atoms with van der Waals surface area (Å²) in [4.78, 5) is 12.9. The Hall–Kier alpha value is -2.03. The van der Waals surface area contributed by atoms with Crippen molar-refractivity contribution in [2.75, 3.05) is 0 Å². The highest BCUT2D eigenvalue weighted by atomic mass is 16.4. The van der Waals surface area contributed by atoms with E-state index in [-0.39, 0.29) is 27.6 Å². The molecule has 5 aliphatic rings. The van der Waals surface area contributed by atoms with Crippen LogP contribution in [0.2, 0.25) is 0 Å². The molecule has 0 amide bonds. The number of allylic oxidation sites excluding steroid dienone is 3. The fraction of sp³-hybridized carbons (Fsp3) is 0.694. The molecule has 0 saturated heterocycles. The van der Waals surface area contributed by atoms with Crippen molar-refractivity contribution in [2.45, 2.75) is 99.3 Å². The number of rotatable bonds is 3. The van der Waals surface area contributed by atoms with Crippen LogP contribution < -0.4 is 0 Å². The third kappa shape index (κ3) is 3.37. The molecule has 0 heterocycles. The Morgan fingerprint density at radius 3 is 2.21 bits per heavy atom. The van der Waals surface area contributed by atoms with Crippen LogP contribution in [0.4, 0.5) is 0 Å². The minimum Gasteiger partial charge on any atom is -0.508 e. The van der Waals surface area contributed by atoms with Crippen molar-refractivity contribution >= 4 is 11.5 Å². The van der Waals surface area contributed by atoms with E-state index >= 15 is 0 Å². The molecule has 0 aromatic heterocycles. The van der Waals surface area contributed by atoms with Gasteiger partial charge in [0.15, 0.2) is 0 Å². The lowest BCUT2D eigenvalue weighted by Gasteiger charge is -2.72. The molecule has 0 spiro atoms. The maximum Gasteiger partial charge on any atom is 0.309 e. The second kappa shape index (κ2) is 8.49. The van der Waals surface area contributed by atoms with Gasteiger partial charge < -0.3 is 10.2 Å². The van der Waals surface area contributed by atoms with Crippen molar-refractivity contribution in [2.24, 2.45) is 56.7 Å². The molecule has 39 heavy (non-hydrogen) atoms. The Morgan fingerprint density at radius 1 is 0.872 bits per heavy atom. The summed E-state index contributed by atoms with van der Waals surface area (Å²) in [5, 5.41) is 20.5. The lowest BCUT2D eigenvalue weighted by atomic mass is 9.32. The maximum atomic E-state index is 12.9. The molecule has 9 atom stereocenters. The van der Waals surface area contributed by atoms with Gasteiger partial charge >= 0.3 is 5.97 Å². The first-order valence-electron chi connectivity index (χ1n) is 15.6. The van der Waals surface area contributed by atoms with E-state index in [1.807, 2.05) is 12.1 Å². The van der Waals surface area contributed by atoms with Crippen LogP contribution in [0.15, 0.2) is 42.5 Å². The summed E-state index contributed by atoms with van der Waals surface area (Å²) in [6.45, 7) is 19.3. The second-order valence-electron chi connectivity index (χ2n) is 15.7. The number of carboxylic acid groups (broad SMARTS) is 1. The molecule has 2 N–H and O–H groups in total. The molecule has 4 saturated carbocycles. The zero-order valence-corrected chi connectivity index (χ0v) is 25.1. The van der Waals surface area contributed by atoms with Gasteiger partial charge in [-0.1, -0.05) is 65.0 Å². The number of aromatic hydroxyl groups is 1. The van der Waals surface area contributed by atoms with Gasteiger partial charge in [-0.15, -0.1) is 0 Å². The van der Waals surface area contributed by atoms with E-state index in [0.29, 0.717) is 29.4 Å². The highest BCUT2D eigenvalue weighted by Crippen LogP contribution is 2.77. The van der Waals surface area contributed by atoms with Crippen molar-refractivity contribution in [3.63, 3.8) is 0 Å². The number of hydrogen-bond acceptors (Lipinski definition) is 2. The van der Waals surface area contributed by atoms with Crippen molar-refractivity contribution in [1.29, 1.82) is 0 Å². The number of carbonyl (C=O) groups is 1. The van der Waals surface area contributed by atoms with E-state index in [0.717, 1.165) is 38.5 Å². The van der Waals surface area contributed by atoms with Crippen LogP contribution in [-0.4, -0.2) is 16.2 Å². The number of phenolic OH excluding ortho intramolecular Hbond substituents is 1. The Kier molecular flexibility index (Phi) is 5.91. The minimum atomic E-state index is -0.549. The van der Waals surface area contributed by atoms with Gasteiger partial charge in [0.1, 0.15) is 5.75 Å². The molecule has 0 bridgehead atoms. The van der Waals surface area contributed by atoms with E-state index in [4.69, 9.17) is 0 Å². The summed E-state index contributed by atoms with van der Waals surface area (Å²) in [6.07, 6.45) is 12.2. The van der Waals surface area contributed by atoms with Crippen LogP contribution >= 0.6 is 0 Å². The van der Waals surface area contributed by atoms with Gasteiger partial charge in [-0.3, -0.25) is 4.79 Å². The average Bonchev–Trinajstić information content (AvgIpc) is 3.27. The molecule has 1 aromatic carbocycles. The lowest BCUT2D eigenvalue weighted by molar-refractivity contribution is -0.227. The number of benzene rings is 1. The molecule has 4 fully saturated rings. The highest BCUT2D eigenvalue weighted by molar-refractivity contribution is 5.76. The van der Waals surface area contributed by atoms with Crippen LogP contribution in [0.1, 0.15) is 105 Å². The van der Waals surface area contributed by atoms with Gasteiger partial charge in [0, 0.05) is 0 Å². The minimum absolute atomic E-state index is 0.0601. The topological polar surface area (TPSA) is 57.5 Å². The predicted molar refractivity (Wildman–Crippen MR) is 158 cm³/mol. The molecule has 212 valence electrons. The molecule has 1 aromatic rings. The Balaban J connectivity index is 1.39. The first kappa shape index (κ1) is 27.2. The van der Waals surface area contributed by atoms with Crippen molar-refractivity contribution in [3.05, 3.63) is 48.1 Å². The van der Waals surface area contributed by atoms with E-state index < -0.39 is 11.4 Å². The summed E-state index contributed by atoms with van der Waals surface area (Å²) in [5.74, 6) is 2.08. The molecular formula is C36H50O3. The molecule has 9 unspecified atom stereocenters. The van der Waals surface area contributed by atoms with Gasteiger partial charge in [0.2, 0.25) is 0 Å². The smallest absolute Gasteiger partial charge is 0.309 e. The quantitative estimate of drug-likeness (QED) is 0.383. The molecule has 3 nitrogen and oxygen atoms in total. The first-order chi connectivity index (χ1) is 18.2. The number of aliphatic carboxylic acids is 1. The van der Waals surface area contributed by atoms with E-state index in [9.17, 15) is 15.0 Å². The summed E-state index contributed by atoms with van der Waals surface area (Å²) < 4.78 is 0. The van der Waals surface area contributed by atoms with Gasteiger partial charge in [0.05, 0.1) is 5.41 Å². The predicted octanol–water partition coefficient (Wildman–Crippen LogP) is 9.13. The van der Waals surface area contributed by atoms with E-state index in [1.165, 1.54) is 36.0 Å². The van der Waals surface area contributed by atoms with Crippen LogP contribution in [0.5, 0.6) is 5.75 Å². The normalized spacial score (nSPS) is 46.2. The SMILES string of the molecule is C=C(C)C1CCC2(C(=O)O)CCC3(C)C(CCC4C5(C)CC=C(c6ccc(O)cc6)C(C)(C)C5CCC43C)C12. The molecular weight excluding hydrogens is 480 g/mol. The fourth-order valence-electron chi connectivity index (χ4n) is 12.3. The van der Waals surface area contributed by atoms with Crippen molar-refractivity contribution < 1.29 is 15.0 Å². The largest absolute Gasteiger partial charge is 0.508 e. The average molecular weight is 531 g/mol. The Bertz CT molecular complexity index is 1220. The van der Waals surface area contributed by atoms with Gasteiger partial charge in [-0.25, -0.2) is 0 Å².